The number of aliphatic imine (C=N–C) groups is 1. The van der Waals surface area contributed by atoms with Gasteiger partial charge in [0.2, 0.25) is 5.88 Å². The minimum Gasteiger partial charge on any atom is -0.478 e. The molecule has 1 aliphatic heterocycles. The van der Waals surface area contributed by atoms with Crippen LogP contribution < -0.4 is 0 Å². The van der Waals surface area contributed by atoms with Gasteiger partial charge in [-0.3, -0.25) is 0 Å². The smallest absolute Gasteiger partial charge is 0.208 e. The summed E-state index contributed by atoms with van der Waals surface area (Å²) >= 11 is 1.83. The third-order valence-corrected chi connectivity index (χ3v) is 3.06. The maximum absolute atomic E-state index is 5.54. The number of thioether (sulfide) groups is 1. The van der Waals surface area contributed by atoms with Crippen LogP contribution in [0.4, 0.5) is 0 Å². The number of hydrogen-bond donors (Lipinski definition) is 0. The minimum absolute atomic E-state index is 0.535. The summed E-state index contributed by atoms with van der Waals surface area (Å²) in [5.41, 5.74) is 0. The minimum atomic E-state index is 0.535. The summed E-state index contributed by atoms with van der Waals surface area (Å²) < 4.78 is 5.54. The average molecular weight is 213 g/mol. The average Bonchev–Trinajstić information content (AvgIpc) is 2.18. The van der Waals surface area contributed by atoms with E-state index in [2.05, 4.69) is 31.2 Å². The SMILES string of the molecule is CSC1C=NC(OCCC(C)C)=CC1. The Morgan fingerprint density at radius 2 is 2.43 bits per heavy atom. The van der Waals surface area contributed by atoms with Crippen molar-refractivity contribution in [1.29, 1.82) is 0 Å². The fraction of sp³-hybridized carbons (Fsp3) is 0.727. The van der Waals surface area contributed by atoms with Gasteiger partial charge in [0.05, 0.1) is 6.61 Å². The largest absolute Gasteiger partial charge is 0.478 e. The van der Waals surface area contributed by atoms with E-state index in [9.17, 15) is 0 Å². The van der Waals surface area contributed by atoms with Crippen LogP contribution in [-0.2, 0) is 4.74 Å². The summed E-state index contributed by atoms with van der Waals surface area (Å²) in [6, 6.07) is 0. The highest BCUT2D eigenvalue weighted by Crippen LogP contribution is 2.17. The molecule has 1 atom stereocenters. The predicted molar refractivity (Wildman–Crippen MR) is 63.9 cm³/mol. The van der Waals surface area contributed by atoms with Crippen molar-refractivity contribution in [3.63, 3.8) is 0 Å². The van der Waals surface area contributed by atoms with Gasteiger partial charge < -0.3 is 4.74 Å². The molecule has 0 spiro atoms. The first-order valence-corrected chi connectivity index (χ1v) is 6.41. The van der Waals surface area contributed by atoms with E-state index < -0.39 is 0 Å². The van der Waals surface area contributed by atoms with Crippen molar-refractivity contribution >= 4 is 18.0 Å². The van der Waals surface area contributed by atoms with E-state index >= 15 is 0 Å². The Kier molecular flexibility index (Phi) is 5.09. The van der Waals surface area contributed by atoms with Gasteiger partial charge in [0, 0.05) is 11.5 Å². The standard InChI is InChI=1S/C11H19NOS/c1-9(2)6-7-13-11-5-4-10(14-3)8-12-11/h5,8-10H,4,6-7H2,1-3H3. The molecule has 0 fully saturated rings. The normalized spacial score (nSPS) is 21.1. The van der Waals surface area contributed by atoms with Crippen molar-refractivity contribution in [3.05, 3.63) is 12.0 Å². The van der Waals surface area contributed by atoms with Crippen LogP contribution in [0.5, 0.6) is 0 Å². The second-order valence-electron chi connectivity index (χ2n) is 3.86. The molecule has 1 rings (SSSR count). The molecule has 2 nitrogen and oxygen atoms in total. The third-order valence-electron chi connectivity index (χ3n) is 2.14. The van der Waals surface area contributed by atoms with Crippen LogP contribution in [0.2, 0.25) is 0 Å². The lowest BCUT2D eigenvalue weighted by atomic mass is 10.1. The zero-order chi connectivity index (χ0) is 10.4. The summed E-state index contributed by atoms with van der Waals surface area (Å²) in [6.07, 6.45) is 8.31. The van der Waals surface area contributed by atoms with E-state index in [1.807, 2.05) is 18.0 Å². The molecule has 80 valence electrons. The summed E-state index contributed by atoms with van der Waals surface area (Å²) in [7, 11) is 0. The van der Waals surface area contributed by atoms with E-state index in [4.69, 9.17) is 4.74 Å². The molecule has 14 heavy (non-hydrogen) atoms. The Balaban J connectivity index is 2.21. The third kappa shape index (κ3) is 4.18. The van der Waals surface area contributed by atoms with E-state index in [1.54, 1.807) is 0 Å². The Labute approximate surface area is 90.8 Å². The molecular weight excluding hydrogens is 194 g/mol. The first-order chi connectivity index (χ1) is 6.72. The highest BCUT2D eigenvalue weighted by atomic mass is 32.2. The van der Waals surface area contributed by atoms with Gasteiger partial charge in [-0.15, -0.1) is 0 Å². The first-order valence-electron chi connectivity index (χ1n) is 5.12. The molecular formula is C11H19NOS. The highest BCUT2D eigenvalue weighted by Gasteiger charge is 2.08. The van der Waals surface area contributed by atoms with Crippen LogP contribution in [0.1, 0.15) is 26.7 Å². The summed E-state index contributed by atoms with van der Waals surface area (Å²) in [4.78, 5) is 4.27. The molecule has 0 amide bonds. The van der Waals surface area contributed by atoms with Crippen molar-refractivity contribution < 1.29 is 4.74 Å². The Bertz CT molecular complexity index is 223. The van der Waals surface area contributed by atoms with Crippen molar-refractivity contribution in [2.45, 2.75) is 31.9 Å². The molecule has 0 N–H and O–H groups in total. The zero-order valence-corrected chi connectivity index (χ0v) is 10.0. The number of rotatable bonds is 5. The van der Waals surface area contributed by atoms with Gasteiger partial charge in [0.25, 0.3) is 0 Å². The van der Waals surface area contributed by atoms with Crippen LogP contribution in [-0.4, -0.2) is 24.3 Å². The Morgan fingerprint density at radius 3 is 2.93 bits per heavy atom. The second kappa shape index (κ2) is 6.12. The van der Waals surface area contributed by atoms with E-state index in [1.165, 1.54) is 0 Å². The van der Waals surface area contributed by atoms with Gasteiger partial charge in [0.1, 0.15) is 0 Å². The molecule has 1 aliphatic rings. The fourth-order valence-electron chi connectivity index (χ4n) is 1.14. The lowest BCUT2D eigenvalue weighted by Crippen LogP contribution is -2.08. The van der Waals surface area contributed by atoms with Crippen LogP contribution in [0.25, 0.3) is 0 Å². The molecule has 0 aliphatic carbocycles. The van der Waals surface area contributed by atoms with Crippen molar-refractivity contribution in [3.8, 4) is 0 Å². The molecule has 0 bridgehead atoms. The van der Waals surface area contributed by atoms with Crippen molar-refractivity contribution in [2.75, 3.05) is 12.9 Å². The quantitative estimate of drug-likeness (QED) is 0.700. The molecule has 1 unspecified atom stereocenters. The van der Waals surface area contributed by atoms with Crippen LogP contribution >= 0.6 is 11.8 Å². The maximum Gasteiger partial charge on any atom is 0.208 e. The van der Waals surface area contributed by atoms with Gasteiger partial charge in [-0.2, -0.15) is 11.8 Å². The molecule has 0 aromatic heterocycles. The maximum atomic E-state index is 5.54. The number of ether oxygens (including phenoxy) is 1. The fourth-order valence-corrected chi connectivity index (χ4v) is 1.61. The lowest BCUT2D eigenvalue weighted by molar-refractivity contribution is 0.192. The Morgan fingerprint density at radius 1 is 1.64 bits per heavy atom. The van der Waals surface area contributed by atoms with Gasteiger partial charge in [0.15, 0.2) is 0 Å². The molecule has 0 saturated heterocycles. The molecule has 0 aromatic rings. The summed E-state index contributed by atoms with van der Waals surface area (Å²) in [5, 5.41) is 0.535. The van der Waals surface area contributed by atoms with Gasteiger partial charge in [-0.1, -0.05) is 13.8 Å². The van der Waals surface area contributed by atoms with Crippen LogP contribution in [0.15, 0.2) is 17.0 Å². The van der Waals surface area contributed by atoms with Crippen LogP contribution in [0, 0.1) is 5.92 Å². The summed E-state index contributed by atoms with van der Waals surface area (Å²) in [6.45, 7) is 5.18. The molecule has 1 heterocycles. The molecule has 0 saturated carbocycles. The van der Waals surface area contributed by atoms with Crippen LogP contribution in [0.3, 0.4) is 0 Å². The van der Waals surface area contributed by atoms with E-state index in [0.717, 1.165) is 25.3 Å². The predicted octanol–water partition coefficient (Wildman–Crippen LogP) is 3.10. The van der Waals surface area contributed by atoms with E-state index in [-0.39, 0.29) is 0 Å². The first kappa shape index (κ1) is 11.6. The van der Waals surface area contributed by atoms with Gasteiger partial charge in [-0.05, 0) is 31.1 Å². The summed E-state index contributed by atoms with van der Waals surface area (Å²) in [5.74, 6) is 1.50. The topological polar surface area (TPSA) is 21.6 Å². The van der Waals surface area contributed by atoms with Crippen molar-refractivity contribution in [1.82, 2.24) is 0 Å². The van der Waals surface area contributed by atoms with Crippen molar-refractivity contribution in [2.24, 2.45) is 10.9 Å². The molecule has 0 aromatic carbocycles. The molecule has 3 heteroatoms. The number of nitrogens with zero attached hydrogens (tertiary/aromatic N) is 1. The van der Waals surface area contributed by atoms with Gasteiger partial charge in [-0.25, -0.2) is 4.99 Å². The number of hydrogen-bond acceptors (Lipinski definition) is 3. The highest BCUT2D eigenvalue weighted by molar-refractivity contribution is 7.99. The number of allylic oxidation sites excluding steroid dienone is 1. The lowest BCUT2D eigenvalue weighted by Gasteiger charge is -2.14. The zero-order valence-electron chi connectivity index (χ0n) is 9.19. The monoisotopic (exact) mass is 213 g/mol. The Hall–Kier alpha value is -0.440. The van der Waals surface area contributed by atoms with Gasteiger partial charge >= 0.3 is 0 Å². The molecule has 0 radical (unpaired) electrons. The second-order valence-corrected chi connectivity index (χ2v) is 4.94. The van der Waals surface area contributed by atoms with E-state index in [0.29, 0.717) is 11.2 Å².